The van der Waals surface area contributed by atoms with Crippen molar-refractivity contribution < 1.29 is 22.4 Å². The van der Waals surface area contributed by atoms with Crippen molar-refractivity contribution in [1.29, 1.82) is 0 Å². The molecule has 0 unspecified atom stereocenters. The summed E-state index contributed by atoms with van der Waals surface area (Å²) in [5, 5.41) is 6.86. The Morgan fingerprint density at radius 1 is 1.10 bits per heavy atom. The maximum Gasteiger partial charge on any atom is 0.416 e. The molecule has 3 heterocycles. The van der Waals surface area contributed by atoms with Crippen LogP contribution >= 0.6 is 0 Å². The molecule has 9 heteroatoms. The number of amides is 1. The molecule has 0 saturated carbocycles. The number of furan rings is 1. The molecule has 2 aromatic heterocycles. The first-order chi connectivity index (χ1) is 13.9. The first-order valence-electron chi connectivity index (χ1n) is 9.17. The highest BCUT2D eigenvalue weighted by molar-refractivity contribution is 5.93. The summed E-state index contributed by atoms with van der Waals surface area (Å²) in [6.07, 6.45) is -2.81. The zero-order chi connectivity index (χ0) is 20.4. The molecule has 1 saturated heterocycles. The van der Waals surface area contributed by atoms with Gasteiger partial charge in [-0.15, -0.1) is 0 Å². The smallest absolute Gasteiger partial charge is 0.416 e. The Morgan fingerprint density at radius 3 is 2.59 bits per heavy atom. The van der Waals surface area contributed by atoms with Gasteiger partial charge in [-0.05, 0) is 23.8 Å². The zero-order valence-electron chi connectivity index (χ0n) is 15.4. The van der Waals surface area contributed by atoms with E-state index in [1.54, 1.807) is 35.4 Å². The Kier molecular flexibility index (Phi) is 5.14. The zero-order valence-corrected chi connectivity index (χ0v) is 15.4. The van der Waals surface area contributed by atoms with Gasteiger partial charge in [0, 0.05) is 38.8 Å². The number of rotatable bonds is 4. The van der Waals surface area contributed by atoms with Crippen LogP contribution in [0.5, 0.6) is 0 Å². The third kappa shape index (κ3) is 4.34. The predicted molar refractivity (Wildman–Crippen MR) is 98.9 cm³/mol. The Morgan fingerprint density at radius 2 is 1.90 bits per heavy atom. The number of nitrogens with one attached hydrogen (secondary N) is 1. The second-order valence-corrected chi connectivity index (χ2v) is 6.91. The molecule has 1 fully saturated rings. The van der Waals surface area contributed by atoms with Crippen molar-refractivity contribution >= 4 is 5.91 Å². The highest BCUT2D eigenvalue weighted by Crippen LogP contribution is 2.29. The van der Waals surface area contributed by atoms with Crippen LogP contribution in [0.3, 0.4) is 0 Å². The quantitative estimate of drug-likeness (QED) is 0.721. The number of piperazine rings is 1. The number of hydrogen-bond acceptors (Lipinski definition) is 4. The fourth-order valence-electron chi connectivity index (χ4n) is 3.36. The van der Waals surface area contributed by atoms with E-state index in [2.05, 4.69) is 10.2 Å². The van der Waals surface area contributed by atoms with Gasteiger partial charge in [0.15, 0.2) is 11.5 Å². The molecule has 1 N–H and O–H groups in total. The normalized spacial score (nSPS) is 15.6. The number of benzene rings is 1. The molecule has 1 aliphatic rings. The molecule has 4 rings (SSSR count). The van der Waals surface area contributed by atoms with Crippen molar-refractivity contribution in [2.45, 2.75) is 12.7 Å². The number of hydrogen-bond donors (Lipinski definition) is 1. The summed E-state index contributed by atoms with van der Waals surface area (Å²) < 4.78 is 43.9. The van der Waals surface area contributed by atoms with Gasteiger partial charge in [-0.2, -0.15) is 18.3 Å². The van der Waals surface area contributed by atoms with Crippen LogP contribution in [0.15, 0.2) is 53.1 Å². The van der Waals surface area contributed by atoms with Gasteiger partial charge in [0.05, 0.1) is 11.8 Å². The summed E-state index contributed by atoms with van der Waals surface area (Å²) >= 11 is 0. The topological polar surface area (TPSA) is 65.4 Å². The number of aromatic nitrogens is 2. The lowest BCUT2D eigenvalue weighted by Gasteiger charge is -2.34. The highest BCUT2D eigenvalue weighted by Gasteiger charge is 2.30. The van der Waals surface area contributed by atoms with E-state index in [0.29, 0.717) is 55.4 Å². The van der Waals surface area contributed by atoms with Crippen molar-refractivity contribution in [3.63, 3.8) is 0 Å². The highest BCUT2D eigenvalue weighted by atomic mass is 19.4. The second kappa shape index (κ2) is 7.75. The molecule has 1 aliphatic heterocycles. The largest absolute Gasteiger partial charge is 0.463 e. The molecule has 1 aromatic carbocycles. The number of carbonyl (C=O) groups is 1. The average molecular weight is 404 g/mol. The summed E-state index contributed by atoms with van der Waals surface area (Å²) in [6.45, 7) is 2.55. The summed E-state index contributed by atoms with van der Waals surface area (Å²) in [6, 6.07) is 10.5. The van der Waals surface area contributed by atoms with E-state index in [-0.39, 0.29) is 5.91 Å². The van der Waals surface area contributed by atoms with E-state index in [1.165, 1.54) is 12.1 Å². The van der Waals surface area contributed by atoms with Crippen LogP contribution < -0.4 is 0 Å². The number of alkyl halides is 3. The summed E-state index contributed by atoms with van der Waals surface area (Å²) in [5.74, 6) is 0.417. The third-order valence-electron chi connectivity index (χ3n) is 4.90. The number of aromatic amines is 1. The number of carbonyl (C=O) groups excluding carboxylic acids is 1. The Hall–Kier alpha value is -3.07. The summed E-state index contributed by atoms with van der Waals surface area (Å²) in [5.41, 5.74) is 0.897. The molecule has 1 amide bonds. The molecule has 152 valence electrons. The summed E-state index contributed by atoms with van der Waals surface area (Å²) in [7, 11) is 0. The fourth-order valence-corrected chi connectivity index (χ4v) is 3.36. The lowest BCUT2D eigenvalue weighted by atomic mass is 10.1. The van der Waals surface area contributed by atoms with E-state index in [0.717, 1.165) is 6.07 Å². The van der Waals surface area contributed by atoms with E-state index < -0.39 is 11.7 Å². The number of halogens is 3. The van der Waals surface area contributed by atoms with Crippen LogP contribution in [0.4, 0.5) is 13.2 Å². The number of H-pyrrole nitrogens is 1. The van der Waals surface area contributed by atoms with Crippen LogP contribution in [0.25, 0.3) is 11.5 Å². The number of nitrogens with zero attached hydrogens (tertiary/aromatic N) is 3. The van der Waals surface area contributed by atoms with Crippen LogP contribution in [-0.2, 0) is 12.7 Å². The molecule has 0 spiro atoms. The Labute approximate surface area is 164 Å². The van der Waals surface area contributed by atoms with Gasteiger partial charge in [0.1, 0.15) is 5.69 Å². The molecule has 0 aliphatic carbocycles. The van der Waals surface area contributed by atoms with Crippen molar-refractivity contribution in [2.24, 2.45) is 0 Å². The van der Waals surface area contributed by atoms with Crippen molar-refractivity contribution in [3.8, 4) is 11.5 Å². The third-order valence-corrected chi connectivity index (χ3v) is 4.90. The van der Waals surface area contributed by atoms with Crippen LogP contribution in [0.1, 0.15) is 21.6 Å². The maximum atomic E-state index is 12.9. The molecule has 0 bridgehead atoms. The van der Waals surface area contributed by atoms with Crippen molar-refractivity contribution in [1.82, 2.24) is 20.0 Å². The molecular formula is C20H19F3N4O2. The molecule has 29 heavy (non-hydrogen) atoms. The molecular weight excluding hydrogens is 385 g/mol. The minimum atomic E-state index is -4.35. The fraction of sp³-hybridized carbons (Fsp3) is 0.300. The Bertz CT molecular complexity index is 974. The van der Waals surface area contributed by atoms with Gasteiger partial charge < -0.3 is 9.32 Å². The van der Waals surface area contributed by atoms with E-state index in [1.807, 2.05) is 4.90 Å². The van der Waals surface area contributed by atoms with Gasteiger partial charge in [0.2, 0.25) is 0 Å². The van der Waals surface area contributed by atoms with E-state index in [9.17, 15) is 18.0 Å². The van der Waals surface area contributed by atoms with Crippen molar-refractivity contribution in [3.05, 3.63) is 65.5 Å². The molecule has 0 atom stereocenters. The minimum absolute atomic E-state index is 0.183. The first kappa shape index (κ1) is 19.3. The molecule has 6 nitrogen and oxygen atoms in total. The van der Waals surface area contributed by atoms with Crippen LogP contribution in [-0.4, -0.2) is 52.1 Å². The molecule has 3 aromatic rings. The molecule has 0 radical (unpaired) electrons. The van der Waals surface area contributed by atoms with Gasteiger partial charge in [-0.25, -0.2) is 0 Å². The lowest BCUT2D eigenvalue weighted by molar-refractivity contribution is -0.137. The maximum absolute atomic E-state index is 12.9. The monoisotopic (exact) mass is 404 g/mol. The van der Waals surface area contributed by atoms with Gasteiger partial charge >= 0.3 is 6.18 Å². The van der Waals surface area contributed by atoms with Gasteiger partial charge in [-0.3, -0.25) is 14.8 Å². The average Bonchev–Trinajstić information content (AvgIpc) is 3.39. The van der Waals surface area contributed by atoms with E-state index >= 15 is 0 Å². The minimum Gasteiger partial charge on any atom is -0.463 e. The second-order valence-electron chi connectivity index (χ2n) is 6.91. The van der Waals surface area contributed by atoms with E-state index in [4.69, 9.17) is 4.42 Å². The van der Waals surface area contributed by atoms with Gasteiger partial charge in [0.25, 0.3) is 5.91 Å². The predicted octanol–water partition coefficient (Wildman–Crippen LogP) is 3.65. The van der Waals surface area contributed by atoms with Crippen LogP contribution in [0.2, 0.25) is 0 Å². The van der Waals surface area contributed by atoms with Crippen molar-refractivity contribution in [2.75, 3.05) is 26.2 Å². The first-order valence-corrected chi connectivity index (χ1v) is 9.17. The van der Waals surface area contributed by atoms with Gasteiger partial charge in [-0.1, -0.05) is 18.2 Å². The Balaban J connectivity index is 1.34. The lowest BCUT2D eigenvalue weighted by Crippen LogP contribution is -2.48. The standard InChI is InChI=1S/C20H19F3N4O2/c21-20(22,23)15-4-1-3-14(11-15)13-26-6-8-27(9-7-26)19(28)17-12-16(24-25-17)18-5-2-10-29-18/h1-5,10-12H,6-9,13H2,(H,24,25). The summed E-state index contributed by atoms with van der Waals surface area (Å²) in [4.78, 5) is 16.4. The SMILES string of the molecule is O=C(c1cc(-c2ccco2)[nH]n1)N1CCN(Cc2cccc(C(F)(F)F)c2)CC1. The van der Waals surface area contributed by atoms with Crippen LogP contribution in [0, 0.1) is 0 Å².